The molecule has 3 heteroatoms. The SMILES string of the molecule is CC.CCn1cnc(C)n1. The van der Waals surface area contributed by atoms with Gasteiger partial charge in [-0.2, -0.15) is 5.10 Å². The molecule has 0 aliphatic rings. The van der Waals surface area contributed by atoms with Gasteiger partial charge in [0.15, 0.2) is 0 Å². The standard InChI is InChI=1S/C5H9N3.C2H6/c1-3-8-4-6-5(2)7-8;1-2/h4H,3H2,1-2H3;1-2H3. The lowest BCUT2D eigenvalue weighted by atomic mass is 10.8. The Morgan fingerprint density at radius 2 is 2.10 bits per heavy atom. The van der Waals surface area contributed by atoms with Crippen LogP contribution in [0.1, 0.15) is 26.6 Å². The molecule has 1 aromatic rings. The first-order valence-electron chi connectivity index (χ1n) is 3.69. The fourth-order valence-electron chi connectivity index (χ4n) is 0.540. The highest BCUT2D eigenvalue weighted by Crippen LogP contribution is 1.83. The van der Waals surface area contributed by atoms with E-state index in [2.05, 4.69) is 10.1 Å². The lowest BCUT2D eigenvalue weighted by Crippen LogP contribution is -1.93. The molecule has 0 bridgehead atoms. The quantitative estimate of drug-likeness (QED) is 0.595. The third-order valence-corrected chi connectivity index (χ3v) is 0.975. The zero-order valence-electron chi connectivity index (χ0n) is 7.13. The van der Waals surface area contributed by atoms with Gasteiger partial charge in [0.2, 0.25) is 0 Å². The minimum absolute atomic E-state index is 0.840. The van der Waals surface area contributed by atoms with Crippen molar-refractivity contribution in [1.82, 2.24) is 14.8 Å². The average molecular weight is 141 g/mol. The monoisotopic (exact) mass is 141 g/mol. The maximum absolute atomic E-state index is 4.03. The van der Waals surface area contributed by atoms with E-state index in [1.165, 1.54) is 0 Å². The average Bonchev–Trinajstić information content (AvgIpc) is 2.40. The van der Waals surface area contributed by atoms with Crippen molar-refractivity contribution in [2.24, 2.45) is 0 Å². The first kappa shape index (κ1) is 9.14. The highest BCUT2D eigenvalue weighted by atomic mass is 15.3. The van der Waals surface area contributed by atoms with E-state index < -0.39 is 0 Å². The van der Waals surface area contributed by atoms with Crippen molar-refractivity contribution in [2.45, 2.75) is 34.2 Å². The van der Waals surface area contributed by atoms with Gasteiger partial charge in [0.25, 0.3) is 0 Å². The molecule has 0 saturated carbocycles. The number of nitrogens with zero attached hydrogens (tertiary/aromatic N) is 3. The van der Waals surface area contributed by atoms with Crippen LogP contribution in [0.3, 0.4) is 0 Å². The summed E-state index contributed by atoms with van der Waals surface area (Å²) in [7, 11) is 0. The zero-order valence-corrected chi connectivity index (χ0v) is 7.13. The number of hydrogen-bond donors (Lipinski definition) is 0. The maximum atomic E-state index is 4.03. The number of rotatable bonds is 1. The molecule has 1 rings (SSSR count). The molecule has 0 amide bonds. The molecule has 0 fully saturated rings. The van der Waals surface area contributed by atoms with E-state index in [0.29, 0.717) is 0 Å². The van der Waals surface area contributed by atoms with Crippen LogP contribution in [0.25, 0.3) is 0 Å². The van der Waals surface area contributed by atoms with Gasteiger partial charge >= 0.3 is 0 Å². The Bertz CT molecular complexity index is 169. The minimum Gasteiger partial charge on any atom is -0.253 e. The molecule has 0 spiro atoms. The van der Waals surface area contributed by atoms with Crippen LogP contribution < -0.4 is 0 Å². The third-order valence-electron chi connectivity index (χ3n) is 0.975. The Balaban J connectivity index is 0.000000371. The number of hydrogen-bond acceptors (Lipinski definition) is 2. The van der Waals surface area contributed by atoms with Crippen LogP contribution in [0.15, 0.2) is 6.33 Å². The summed E-state index contributed by atoms with van der Waals surface area (Å²) in [5.41, 5.74) is 0. The van der Waals surface area contributed by atoms with Gasteiger partial charge in [-0.15, -0.1) is 0 Å². The molecule has 0 unspecified atom stereocenters. The van der Waals surface area contributed by atoms with Gasteiger partial charge in [-0.3, -0.25) is 4.68 Å². The molecule has 1 aromatic heterocycles. The zero-order chi connectivity index (χ0) is 7.98. The molecule has 0 atom stereocenters. The van der Waals surface area contributed by atoms with Crippen molar-refractivity contribution in [2.75, 3.05) is 0 Å². The Morgan fingerprint density at radius 3 is 2.30 bits per heavy atom. The first-order valence-corrected chi connectivity index (χ1v) is 3.69. The Kier molecular flexibility index (Phi) is 4.54. The van der Waals surface area contributed by atoms with Crippen LogP contribution in [0.2, 0.25) is 0 Å². The predicted molar refractivity (Wildman–Crippen MR) is 41.8 cm³/mol. The van der Waals surface area contributed by atoms with Crippen LogP contribution >= 0.6 is 0 Å². The van der Waals surface area contributed by atoms with Crippen LogP contribution in [-0.2, 0) is 6.54 Å². The summed E-state index contributed by atoms with van der Waals surface area (Å²) in [4.78, 5) is 3.94. The minimum atomic E-state index is 0.840. The fraction of sp³-hybridized carbons (Fsp3) is 0.714. The van der Waals surface area contributed by atoms with Crippen molar-refractivity contribution in [3.63, 3.8) is 0 Å². The fourth-order valence-corrected chi connectivity index (χ4v) is 0.540. The summed E-state index contributed by atoms with van der Waals surface area (Å²) in [6, 6.07) is 0. The lowest BCUT2D eigenvalue weighted by Gasteiger charge is -1.86. The molecule has 3 nitrogen and oxygen atoms in total. The molecule has 58 valence electrons. The van der Waals surface area contributed by atoms with Crippen LogP contribution in [0, 0.1) is 6.92 Å². The molecule has 0 aliphatic carbocycles. The second-order valence-corrected chi connectivity index (χ2v) is 1.65. The van der Waals surface area contributed by atoms with Gasteiger partial charge in [0.05, 0.1) is 0 Å². The van der Waals surface area contributed by atoms with E-state index in [9.17, 15) is 0 Å². The summed E-state index contributed by atoms with van der Waals surface area (Å²) >= 11 is 0. The molecule has 1 heterocycles. The summed E-state index contributed by atoms with van der Waals surface area (Å²) < 4.78 is 1.80. The van der Waals surface area contributed by atoms with E-state index in [1.807, 2.05) is 27.7 Å². The third kappa shape index (κ3) is 2.62. The first-order chi connectivity index (χ1) is 4.83. The van der Waals surface area contributed by atoms with Gasteiger partial charge in [-0.05, 0) is 13.8 Å². The van der Waals surface area contributed by atoms with E-state index in [4.69, 9.17) is 0 Å². The molecule has 10 heavy (non-hydrogen) atoms. The second kappa shape index (κ2) is 4.97. The molecular weight excluding hydrogens is 126 g/mol. The molecule has 0 aliphatic heterocycles. The lowest BCUT2D eigenvalue weighted by molar-refractivity contribution is 0.652. The Hall–Kier alpha value is -0.860. The molecule has 0 saturated heterocycles. The number of aryl methyl sites for hydroxylation is 2. The topological polar surface area (TPSA) is 30.7 Å². The number of aromatic nitrogens is 3. The van der Waals surface area contributed by atoms with Crippen LogP contribution in [-0.4, -0.2) is 14.8 Å². The van der Waals surface area contributed by atoms with E-state index in [0.717, 1.165) is 12.4 Å². The Morgan fingerprint density at radius 1 is 1.50 bits per heavy atom. The Labute approximate surface area is 62.1 Å². The molecule has 0 radical (unpaired) electrons. The smallest absolute Gasteiger partial charge is 0.147 e. The normalized spacial score (nSPS) is 8.40. The van der Waals surface area contributed by atoms with Gasteiger partial charge in [-0.25, -0.2) is 4.98 Å². The molecular formula is C7H15N3. The largest absolute Gasteiger partial charge is 0.253 e. The van der Waals surface area contributed by atoms with Crippen molar-refractivity contribution in [3.05, 3.63) is 12.2 Å². The van der Waals surface area contributed by atoms with Gasteiger partial charge < -0.3 is 0 Å². The highest BCUT2D eigenvalue weighted by molar-refractivity contribution is 4.73. The maximum Gasteiger partial charge on any atom is 0.147 e. The van der Waals surface area contributed by atoms with E-state index in [-0.39, 0.29) is 0 Å². The summed E-state index contributed by atoms with van der Waals surface area (Å²) in [5, 5.41) is 4.03. The summed E-state index contributed by atoms with van der Waals surface area (Å²) in [6.07, 6.45) is 1.73. The van der Waals surface area contributed by atoms with Gasteiger partial charge in [0, 0.05) is 6.54 Å². The summed E-state index contributed by atoms with van der Waals surface area (Å²) in [6.45, 7) is 8.82. The second-order valence-electron chi connectivity index (χ2n) is 1.65. The van der Waals surface area contributed by atoms with Crippen LogP contribution in [0.4, 0.5) is 0 Å². The molecule has 0 N–H and O–H groups in total. The van der Waals surface area contributed by atoms with Crippen molar-refractivity contribution >= 4 is 0 Å². The predicted octanol–water partition coefficient (Wildman–Crippen LogP) is 1.63. The van der Waals surface area contributed by atoms with Crippen molar-refractivity contribution in [1.29, 1.82) is 0 Å². The van der Waals surface area contributed by atoms with Crippen molar-refractivity contribution < 1.29 is 0 Å². The van der Waals surface area contributed by atoms with E-state index in [1.54, 1.807) is 11.0 Å². The van der Waals surface area contributed by atoms with Crippen molar-refractivity contribution in [3.8, 4) is 0 Å². The molecule has 0 aromatic carbocycles. The summed E-state index contributed by atoms with van der Waals surface area (Å²) in [5.74, 6) is 0.840. The van der Waals surface area contributed by atoms with Gasteiger partial charge in [0.1, 0.15) is 12.2 Å². The highest BCUT2D eigenvalue weighted by Gasteiger charge is 1.87. The van der Waals surface area contributed by atoms with Gasteiger partial charge in [-0.1, -0.05) is 13.8 Å². The van der Waals surface area contributed by atoms with E-state index >= 15 is 0 Å². The van der Waals surface area contributed by atoms with Crippen LogP contribution in [0.5, 0.6) is 0 Å².